The summed E-state index contributed by atoms with van der Waals surface area (Å²) in [5.74, 6) is -2.34. The molecule has 0 aliphatic heterocycles. The lowest BCUT2D eigenvalue weighted by molar-refractivity contribution is -0.135. The zero-order chi connectivity index (χ0) is 21.1. The van der Waals surface area contributed by atoms with Gasteiger partial charge in [-0.3, -0.25) is 19.0 Å². The van der Waals surface area contributed by atoms with Gasteiger partial charge in [0.05, 0.1) is 12.8 Å². The van der Waals surface area contributed by atoms with Gasteiger partial charge in [0.15, 0.2) is 5.56 Å². The molecule has 0 atom stereocenters. The van der Waals surface area contributed by atoms with Crippen LogP contribution in [0.3, 0.4) is 0 Å². The van der Waals surface area contributed by atoms with E-state index in [4.69, 9.17) is 9.84 Å². The van der Waals surface area contributed by atoms with E-state index in [9.17, 15) is 24.3 Å². The number of methoxy groups -OCH3 is 1. The summed E-state index contributed by atoms with van der Waals surface area (Å²) in [6.45, 7) is -0.614. The van der Waals surface area contributed by atoms with Crippen molar-refractivity contribution in [1.82, 2.24) is 14.5 Å². The molecule has 29 heavy (non-hydrogen) atoms. The van der Waals surface area contributed by atoms with Gasteiger partial charge >= 0.3 is 11.7 Å². The van der Waals surface area contributed by atoms with Crippen molar-refractivity contribution in [2.45, 2.75) is 25.8 Å². The van der Waals surface area contributed by atoms with Gasteiger partial charge in [-0.2, -0.15) is 0 Å². The molecule has 2 aromatic rings. The van der Waals surface area contributed by atoms with Crippen LogP contribution < -0.4 is 21.3 Å². The molecule has 154 valence electrons. The second kappa shape index (κ2) is 8.21. The first-order valence-electron chi connectivity index (χ1n) is 9.06. The van der Waals surface area contributed by atoms with E-state index in [1.54, 1.807) is 12.1 Å². The Morgan fingerprint density at radius 3 is 2.62 bits per heavy atom. The molecule has 10 nitrogen and oxygen atoms in total. The highest BCUT2D eigenvalue weighted by Gasteiger charge is 2.27. The second-order valence-electron chi connectivity index (χ2n) is 6.78. The fraction of sp³-hybridized carbons (Fsp3) is 0.368. The second-order valence-corrected chi connectivity index (χ2v) is 6.78. The van der Waals surface area contributed by atoms with Gasteiger partial charge in [0.25, 0.3) is 11.5 Å². The van der Waals surface area contributed by atoms with Crippen LogP contribution in [-0.2, 0) is 11.3 Å². The number of benzene rings is 1. The lowest BCUT2D eigenvalue weighted by Gasteiger charge is -2.16. The summed E-state index contributed by atoms with van der Waals surface area (Å²) in [4.78, 5) is 49.1. The van der Waals surface area contributed by atoms with E-state index in [0.717, 1.165) is 22.0 Å². The Morgan fingerprint density at radius 2 is 2.00 bits per heavy atom. The predicted octanol–water partition coefficient (Wildman–Crippen LogP) is 0.328. The Morgan fingerprint density at radius 1 is 1.28 bits per heavy atom. The molecule has 0 unspecified atom stereocenters. The number of ether oxygens (including phenoxy) is 1. The van der Waals surface area contributed by atoms with Crippen molar-refractivity contribution in [2.24, 2.45) is 5.92 Å². The highest BCUT2D eigenvalue weighted by molar-refractivity contribution is 5.97. The number of aromatic nitrogens is 2. The minimum absolute atomic E-state index is 0.124. The van der Waals surface area contributed by atoms with Crippen LogP contribution in [0.15, 0.2) is 33.9 Å². The molecule has 1 heterocycles. The minimum Gasteiger partial charge on any atom is -0.497 e. The zero-order valence-corrected chi connectivity index (χ0v) is 15.8. The number of amides is 1. The Kier molecular flexibility index (Phi) is 5.71. The molecule has 0 saturated heterocycles. The van der Waals surface area contributed by atoms with E-state index >= 15 is 0 Å². The van der Waals surface area contributed by atoms with Crippen LogP contribution in [0.4, 0.5) is 0 Å². The standard InChI is InChI=1S/C19H21N3O7/c1-29-13-4-2-3-12(9-13)22-18(27)15(16(25)20-10-14(23)24)17(26)21(19(22)28)8-7-11-5-6-11/h2-4,9,11,26H,5-8,10H2,1H3,(H,20,25)(H,23,24). The summed E-state index contributed by atoms with van der Waals surface area (Å²) >= 11 is 0. The summed E-state index contributed by atoms with van der Waals surface area (Å²) in [6.07, 6.45) is 2.66. The van der Waals surface area contributed by atoms with Crippen molar-refractivity contribution in [1.29, 1.82) is 0 Å². The smallest absolute Gasteiger partial charge is 0.338 e. The molecular formula is C19H21N3O7. The maximum Gasteiger partial charge on any atom is 0.338 e. The van der Waals surface area contributed by atoms with Gasteiger partial charge < -0.3 is 20.3 Å². The van der Waals surface area contributed by atoms with E-state index in [2.05, 4.69) is 5.32 Å². The molecule has 1 aliphatic carbocycles. The third kappa shape index (κ3) is 4.31. The molecule has 3 N–H and O–H groups in total. The Labute approximate surface area is 165 Å². The van der Waals surface area contributed by atoms with Gasteiger partial charge in [-0.1, -0.05) is 18.9 Å². The van der Waals surface area contributed by atoms with Gasteiger partial charge in [0, 0.05) is 12.6 Å². The number of rotatable bonds is 8. The monoisotopic (exact) mass is 403 g/mol. The first-order valence-corrected chi connectivity index (χ1v) is 9.06. The average Bonchev–Trinajstić information content (AvgIpc) is 3.51. The van der Waals surface area contributed by atoms with Crippen molar-refractivity contribution < 1.29 is 24.5 Å². The number of carboxylic acids is 1. The molecule has 3 rings (SSSR count). The Bertz CT molecular complexity index is 1070. The number of aliphatic carboxylic acids is 1. The molecular weight excluding hydrogens is 382 g/mol. The molecule has 1 saturated carbocycles. The Balaban J connectivity index is 2.17. The van der Waals surface area contributed by atoms with Crippen molar-refractivity contribution in [3.8, 4) is 17.3 Å². The van der Waals surface area contributed by atoms with Crippen LogP contribution in [0, 0.1) is 5.92 Å². The van der Waals surface area contributed by atoms with Crippen LogP contribution in [0.5, 0.6) is 11.6 Å². The maximum atomic E-state index is 13.0. The number of hydrogen-bond acceptors (Lipinski definition) is 6. The molecule has 0 radical (unpaired) electrons. The molecule has 1 aromatic heterocycles. The number of carbonyl (C=O) groups excluding carboxylic acids is 1. The Hall–Kier alpha value is -3.56. The third-order valence-corrected chi connectivity index (χ3v) is 4.72. The maximum absolute atomic E-state index is 13.0. The molecule has 1 fully saturated rings. The molecule has 10 heteroatoms. The number of carboxylic acid groups (broad SMARTS) is 1. The van der Waals surface area contributed by atoms with Crippen LogP contribution >= 0.6 is 0 Å². The normalized spacial score (nSPS) is 13.1. The predicted molar refractivity (Wildman–Crippen MR) is 102 cm³/mol. The summed E-state index contributed by atoms with van der Waals surface area (Å²) in [7, 11) is 1.43. The lowest BCUT2D eigenvalue weighted by Crippen LogP contribution is -2.44. The number of nitrogens with zero attached hydrogens (tertiary/aromatic N) is 2. The van der Waals surface area contributed by atoms with Crippen molar-refractivity contribution in [2.75, 3.05) is 13.7 Å². The van der Waals surface area contributed by atoms with Gasteiger partial charge in [-0.05, 0) is 24.5 Å². The van der Waals surface area contributed by atoms with Gasteiger partial charge in [-0.25, -0.2) is 9.36 Å². The third-order valence-electron chi connectivity index (χ3n) is 4.72. The highest BCUT2D eigenvalue weighted by atomic mass is 16.5. The number of nitrogens with one attached hydrogen (secondary N) is 1. The quantitative estimate of drug-likeness (QED) is 0.577. The molecule has 1 amide bonds. The van der Waals surface area contributed by atoms with E-state index in [-0.39, 0.29) is 12.2 Å². The molecule has 0 bridgehead atoms. The number of hydrogen-bond donors (Lipinski definition) is 3. The van der Waals surface area contributed by atoms with Crippen molar-refractivity contribution in [3.05, 3.63) is 50.7 Å². The van der Waals surface area contributed by atoms with Gasteiger partial charge in [-0.15, -0.1) is 0 Å². The molecule has 0 spiro atoms. The van der Waals surface area contributed by atoms with Crippen LogP contribution in [-0.4, -0.2) is 44.9 Å². The van der Waals surface area contributed by atoms with E-state index in [1.165, 1.54) is 19.2 Å². The minimum atomic E-state index is -1.31. The highest BCUT2D eigenvalue weighted by Crippen LogP contribution is 2.33. The largest absolute Gasteiger partial charge is 0.497 e. The molecule has 1 aliphatic rings. The number of carbonyl (C=O) groups is 2. The summed E-state index contributed by atoms with van der Waals surface area (Å²) < 4.78 is 6.86. The van der Waals surface area contributed by atoms with Crippen LogP contribution in [0.2, 0.25) is 0 Å². The number of aromatic hydroxyl groups is 1. The van der Waals surface area contributed by atoms with Gasteiger partial charge in [0.2, 0.25) is 5.88 Å². The topological polar surface area (TPSA) is 140 Å². The first-order chi connectivity index (χ1) is 13.8. The van der Waals surface area contributed by atoms with E-state index in [0.29, 0.717) is 18.1 Å². The summed E-state index contributed by atoms with van der Waals surface area (Å²) in [6, 6.07) is 6.14. The van der Waals surface area contributed by atoms with E-state index < -0.39 is 41.1 Å². The van der Waals surface area contributed by atoms with Crippen LogP contribution in [0.25, 0.3) is 5.69 Å². The van der Waals surface area contributed by atoms with Gasteiger partial charge in [0.1, 0.15) is 12.3 Å². The van der Waals surface area contributed by atoms with E-state index in [1.807, 2.05) is 0 Å². The fourth-order valence-electron chi connectivity index (χ4n) is 2.98. The fourth-order valence-corrected chi connectivity index (χ4v) is 2.98. The summed E-state index contributed by atoms with van der Waals surface area (Å²) in [5.41, 5.74) is -2.38. The van der Waals surface area contributed by atoms with Crippen molar-refractivity contribution >= 4 is 11.9 Å². The zero-order valence-electron chi connectivity index (χ0n) is 15.8. The first kappa shape index (κ1) is 20.2. The SMILES string of the molecule is COc1cccc(-n2c(=O)c(C(=O)NCC(=O)O)c(O)n(CCC3CC3)c2=O)c1. The van der Waals surface area contributed by atoms with Crippen LogP contribution in [0.1, 0.15) is 29.6 Å². The lowest BCUT2D eigenvalue weighted by atomic mass is 10.2. The summed E-state index contributed by atoms with van der Waals surface area (Å²) in [5, 5.41) is 21.3. The van der Waals surface area contributed by atoms with Crippen molar-refractivity contribution in [3.63, 3.8) is 0 Å². The average molecular weight is 403 g/mol. The molecule has 1 aromatic carbocycles.